The van der Waals surface area contributed by atoms with Crippen molar-refractivity contribution in [3.05, 3.63) is 41.4 Å². The number of carbonyl (C=O) groups is 2. The lowest BCUT2D eigenvalue weighted by Gasteiger charge is -2.20. The first-order valence-corrected chi connectivity index (χ1v) is 11.5. The maximum atomic E-state index is 12.9. The number of ether oxygens (including phenoxy) is 3. The van der Waals surface area contributed by atoms with Gasteiger partial charge in [0.15, 0.2) is 16.1 Å². The molecule has 1 N–H and O–H groups in total. The Kier molecular flexibility index (Phi) is 6.03. The first-order chi connectivity index (χ1) is 14.8. The minimum atomic E-state index is -1.28. The summed E-state index contributed by atoms with van der Waals surface area (Å²) in [6.45, 7) is 6.97. The highest BCUT2D eigenvalue weighted by molar-refractivity contribution is 7.13. The predicted molar refractivity (Wildman–Crippen MR) is 117 cm³/mol. The highest BCUT2D eigenvalue weighted by Crippen LogP contribution is 2.52. The number of benzene rings is 1. The standard InChI is InChI=1S/C23H28N2O5S/c1-15(2)9-10-28-12-17-11-23(19(26)29-17)14-22(3,30-20(23)27)18-13-31-21(25-18)24-16-7-5-4-6-8-16/h4-8,13,15,17H,9-12,14H2,1-3H3,(H,24,25). The van der Waals surface area contributed by atoms with E-state index in [0.29, 0.717) is 30.0 Å². The zero-order valence-corrected chi connectivity index (χ0v) is 18.9. The predicted octanol–water partition coefficient (Wildman–Crippen LogP) is 4.41. The van der Waals surface area contributed by atoms with Gasteiger partial charge in [-0.1, -0.05) is 32.0 Å². The van der Waals surface area contributed by atoms with Crippen LogP contribution in [0.5, 0.6) is 0 Å². The number of carbonyl (C=O) groups excluding carboxylic acids is 2. The molecule has 3 heterocycles. The highest BCUT2D eigenvalue weighted by atomic mass is 32.1. The van der Waals surface area contributed by atoms with Crippen LogP contribution < -0.4 is 5.32 Å². The van der Waals surface area contributed by atoms with E-state index in [1.54, 1.807) is 6.92 Å². The maximum absolute atomic E-state index is 12.9. The molecule has 0 saturated carbocycles. The molecule has 3 unspecified atom stereocenters. The summed E-state index contributed by atoms with van der Waals surface area (Å²) >= 11 is 1.43. The Bertz CT molecular complexity index is 946. The Labute approximate surface area is 186 Å². The van der Waals surface area contributed by atoms with Crippen LogP contribution in [-0.2, 0) is 29.4 Å². The molecule has 2 fully saturated rings. The maximum Gasteiger partial charge on any atom is 0.324 e. The number of nitrogens with one attached hydrogen (secondary N) is 1. The van der Waals surface area contributed by atoms with E-state index in [9.17, 15) is 9.59 Å². The zero-order chi connectivity index (χ0) is 22.1. The number of nitrogens with zero attached hydrogens (tertiary/aromatic N) is 1. The highest BCUT2D eigenvalue weighted by Gasteiger charge is 2.65. The van der Waals surface area contributed by atoms with Gasteiger partial charge in [-0.2, -0.15) is 0 Å². The molecule has 166 valence electrons. The van der Waals surface area contributed by atoms with Crippen LogP contribution >= 0.6 is 11.3 Å². The third-order valence-electron chi connectivity index (χ3n) is 5.80. The molecule has 0 bridgehead atoms. The van der Waals surface area contributed by atoms with Crippen LogP contribution in [-0.4, -0.2) is 36.2 Å². The van der Waals surface area contributed by atoms with Crippen LogP contribution in [0.25, 0.3) is 0 Å². The van der Waals surface area contributed by atoms with Crippen molar-refractivity contribution in [2.24, 2.45) is 11.3 Å². The topological polar surface area (TPSA) is 86.8 Å². The summed E-state index contributed by atoms with van der Waals surface area (Å²) in [7, 11) is 0. The molecule has 4 rings (SSSR count). The van der Waals surface area contributed by atoms with Gasteiger partial charge in [0.1, 0.15) is 6.10 Å². The van der Waals surface area contributed by atoms with E-state index in [1.807, 2.05) is 35.7 Å². The van der Waals surface area contributed by atoms with E-state index >= 15 is 0 Å². The van der Waals surface area contributed by atoms with Gasteiger partial charge in [-0.3, -0.25) is 9.59 Å². The monoisotopic (exact) mass is 444 g/mol. The van der Waals surface area contributed by atoms with Gasteiger partial charge >= 0.3 is 11.9 Å². The van der Waals surface area contributed by atoms with Crippen molar-refractivity contribution >= 4 is 34.1 Å². The fourth-order valence-corrected chi connectivity index (χ4v) is 4.92. The number of esters is 2. The lowest BCUT2D eigenvalue weighted by atomic mass is 9.78. The molecule has 0 radical (unpaired) electrons. The van der Waals surface area contributed by atoms with Crippen LogP contribution in [0.15, 0.2) is 35.7 Å². The summed E-state index contributed by atoms with van der Waals surface area (Å²) in [6.07, 6.45) is 1.01. The summed E-state index contributed by atoms with van der Waals surface area (Å²) in [4.78, 5) is 30.2. The number of hydrogen-bond donors (Lipinski definition) is 1. The minimum absolute atomic E-state index is 0.217. The van der Waals surface area contributed by atoms with Crippen molar-refractivity contribution in [3.8, 4) is 0 Å². The Balaban J connectivity index is 1.43. The van der Waals surface area contributed by atoms with Gasteiger partial charge in [-0.05, 0) is 31.4 Å². The summed E-state index contributed by atoms with van der Waals surface area (Å²) in [5.74, 6) is -0.505. The minimum Gasteiger partial charge on any atom is -0.459 e. The van der Waals surface area contributed by atoms with Crippen LogP contribution in [0.1, 0.15) is 45.7 Å². The largest absolute Gasteiger partial charge is 0.459 e. The van der Waals surface area contributed by atoms with Gasteiger partial charge < -0.3 is 19.5 Å². The van der Waals surface area contributed by atoms with E-state index in [-0.39, 0.29) is 12.8 Å². The summed E-state index contributed by atoms with van der Waals surface area (Å²) < 4.78 is 16.9. The Hall–Kier alpha value is -2.45. The zero-order valence-electron chi connectivity index (χ0n) is 18.1. The fourth-order valence-electron chi connectivity index (χ4n) is 4.06. The van der Waals surface area contributed by atoms with Crippen LogP contribution in [0.3, 0.4) is 0 Å². The van der Waals surface area contributed by atoms with Gasteiger partial charge in [0, 0.05) is 30.5 Å². The van der Waals surface area contributed by atoms with Crippen molar-refractivity contribution in [1.82, 2.24) is 4.98 Å². The van der Waals surface area contributed by atoms with Crippen molar-refractivity contribution in [2.75, 3.05) is 18.5 Å². The SMILES string of the molecule is CC(C)CCOCC1CC2(CC(C)(c3csc(Nc4ccccc4)n3)OC2=O)C(=O)O1. The number of rotatable bonds is 8. The average molecular weight is 445 g/mol. The molecule has 0 aliphatic carbocycles. The molecule has 1 aromatic carbocycles. The molecule has 0 amide bonds. The number of para-hydroxylation sites is 1. The third kappa shape index (κ3) is 4.45. The van der Waals surface area contributed by atoms with Gasteiger partial charge in [0.2, 0.25) is 0 Å². The van der Waals surface area contributed by atoms with Crippen molar-refractivity contribution in [1.29, 1.82) is 0 Å². The molecular weight excluding hydrogens is 416 g/mol. The lowest BCUT2D eigenvalue weighted by molar-refractivity contribution is -0.160. The van der Waals surface area contributed by atoms with E-state index in [0.717, 1.165) is 12.1 Å². The molecule has 7 nitrogen and oxygen atoms in total. The van der Waals surface area contributed by atoms with E-state index in [2.05, 4.69) is 24.1 Å². The van der Waals surface area contributed by atoms with Crippen LogP contribution in [0, 0.1) is 11.3 Å². The quantitative estimate of drug-likeness (QED) is 0.366. The lowest BCUT2D eigenvalue weighted by Crippen LogP contribution is -2.32. The smallest absolute Gasteiger partial charge is 0.324 e. The number of thiazole rings is 1. The number of hydrogen-bond acceptors (Lipinski definition) is 8. The number of anilines is 2. The van der Waals surface area contributed by atoms with Gasteiger partial charge in [0.05, 0.1) is 12.3 Å². The normalized spacial score (nSPS) is 27.7. The second-order valence-corrected chi connectivity index (χ2v) is 9.76. The molecule has 1 spiro atoms. The van der Waals surface area contributed by atoms with E-state index in [4.69, 9.17) is 14.2 Å². The first kappa shape index (κ1) is 21.8. The molecule has 2 aliphatic heterocycles. The van der Waals surface area contributed by atoms with E-state index < -0.39 is 29.1 Å². The molecule has 2 saturated heterocycles. The van der Waals surface area contributed by atoms with Crippen LogP contribution in [0.2, 0.25) is 0 Å². The third-order valence-corrected chi connectivity index (χ3v) is 6.56. The molecule has 8 heteroatoms. The average Bonchev–Trinajstić information content (AvgIpc) is 3.38. The second-order valence-electron chi connectivity index (χ2n) is 8.90. The number of aromatic nitrogens is 1. The summed E-state index contributed by atoms with van der Waals surface area (Å²) in [5, 5.41) is 5.81. The van der Waals surface area contributed by atoms with Gasteiger partial charge in [-0.25, -0.2) is 4.98 Å². The van der Waals surface area contributed by atoms with Gasteiger partial charge in [-0.15, -0.1) is 11.3 Å². The van der Waals surface area contributed by atoms with Crippen molar-refractivity contribution in [2.45, 2.75) is 51.7 Å². The second kappa shape index (κ2) is 8.59. The summed E-state index contributed by atoms with van der Waals surface area (Å²) in [6, 6.07) is 9.72. The molecule has 2 aromatic rings. The molecule has 1 aromatic heterocycles. The van der Waals surface area contributed by atoms with Crippen molar-refractivity contribution < 1.29 is 23.8 Å². The Morgan fingerprint density at radius 1 is 1.26 bits per heavy atom. The van der Waals surface area contributed by atoms with Gasteiger partial charge in [0.25, 0.3) is 0 Å². The number of cyclic esters (lactones) is 2. The first-order valence-electron chi connectivity index (χ1n) is 10.6. The van der Waals surface area contributed by atoms with Crippen LogP contribution in [0.4, 0.5) is 10.8 Å². The Morgan fingerprint density at radius 3 is 2.77 bits per heavy atom. The molecule has 2 aliphatic rings. The van der Waals surface area contributed by atoms with Crippen molar-refractivity contribution in [3.63, 3.8) is 0 Å². The molecule has 3 atom stereocenters. The Morgan fingerprint density at radius 2 is 2.03 bits per heavy atom. The van der Waals surface area contributed by atoms with E-state index in [1.165, 1.54) is 11.3 Å². The fraction of sp³-hybridized carbons (Fsp3) is 0.522. The summed E-state index contributed by atoms with van der Waals surface area (Å²) in [5.41, 5.74) is -0.702. The molecule has 31 heavy (non-hydrogen) atoms. The molecular formula is C23H28N2O5S.